The fraction of sp³-hybridized carbons (Fsp3) is 0.308. The number of fused-ring (bicyclic) bond motifs is 1. The first kappa shape index (κ1) is 13.6. The van der Waals surface area contributed by atoms with E-state index in [0.717, 1.165) is 0 Å². The average molecular weight is 271 g/mol. The maximum Gasteiger partial charge on any atom is 0.431 e. The standard InChI is InChI=1S/C13H12F3NO2/c1-19-6-5-8-3-2-4-9-10(18)7-11(13(14,15)16)17-12(8)9/h2-4,7H,5-6H2,1H3,(H,17,18). The van der Waals surface area contributed by atoms with Crippen LogP contribution < -0.4 is 5.43 Å². The molecule has 0 radical (unpaired) electrons. The molecule has 0 saturated carbocycles. The van der Waals surface area contributed by atoms with Crippen LogP contribution in [0.2, 0.25) is 0 Å². The molecule has 6 heteroatoms. The molecule has 0 bridgehead atoms. The lowest BCUT2D eigenvalue weighted by Gasteiger charge is -2.10. The lowest BCUT2D eigenvalue weighted by atomic mass is 10.1. The van der Waals surface area contributed by atoms with E-state index < -0.39 is 17.3 Å². The number of aromatic amines is 1. The summed E-state index contributed by atoms with van der Waals surface area (Å²) in [5, 5.41) is 0.251. The van der Waals surface area contributed by atoms with E-state index in [9.17, 15) is 18.0 Å². The average Bonchev–Trinajstić information content (AvgIpc) is 2.35. The number of alkyl halides is 3. The molecule has 0 aliphatic carbocycles. The molecule has 1 heterocycles. The molecule has 0 spiro atoms. The second-order valence-electron chi connectivity index (χ2n) is 4.13. The molecule has 3 nitrogen and oxygen atoms in total. The molecule has 2 aromatic rings. The van der Waals surface area contributed by atoms with Gasteiger partial charge >= 0.3 is 6.18 Å². The first-order valence-electron chi connectivity index (χ1n) is 5.64. The molecule has 1 aromatic heterocycles. The number of ether oxygens (including phenoxy) is 1. The maximum atomic E-state index is 12.7. The zero-order valence-corrected chi connectivity index (χ0v) is 10.2. The van der Waals surface area contributed by atoms with Crippen molar-refractivity contribution in [3.8, 4) is 0 Å². The maximum absolute atomic E-state index is 12.7. The number of benzene rings is 1. The number of aromatic nitrogens is 1. The Balaban J connectivity index is 2.66. The molecular weight excluding hydrogens is 259 g/mol. The van der Waals surface area contributed by atoms with Crippen LogP contribution in [-0.2, 0) is 17.3 Å². The molecule has 1 N–H and O–H groups in total. The second-order valence-corrected chi connectivity index (χ2v) is 4.13. The van der Waals surface area contributed by atoms with Gasteiger partial charge in [-0.15, -0.1) is 0 Å². The third-order valence-corrected chi connectivity index (χ3v) is 2.83. The first-order valence-corrected chi connectivity index (χ1v) is 5.64. The smallest absolute Gasteiger partial charge is 0.384 e. The zero-order valence-electron chi connectivity index (χ0n) is 10.2. The van der Waals surface area contributed by atoms with E-state index in [4.69, 9.17) is 4.74 Å². The number of halogens is 3. The Bertz CT molecular complexity index is 646. The van der Waals surface area contributed by atoms with Crippen LogP contribution in [-0.4, -0.2) is 18.7 Å². The van der Waals surface area contributed by atoms with Crippen molar-refractivity contribution in [3.05, 3.63) is 45.7 Å². The summed E-state index contributed by atoms with van der Waals surface area (Å²) in [6.45, 7) is 0.372. The highest BCUT2D eigenvalue weighted by Gasteiger charge is 2.32. The summed E-state index contributed by atoms with van der Waals surface area (Å²) in [5.41, 5.74) is -0.822. The summed E-state index contributed by atoms with van der Waals surface area (Å²) in [6.07, 6.45) is -4.13. The third kappa shape index (κ3) is 2.78. The van der Waals surface area contributed by atoms with Crippen molar-refractivity contribution in [3.63, 3.8) is 0 Å². The SMILES string of the molecule is COCCc1cccc2c(=O)cc(C(F)(F)F)[nH]c12. The van der Waals surface area contributed by atoms with Crippen molar-refractivity contribution in [1.29, 1.82) is 0 Å². The van der Waals surface area contributed by atoms with Crippen LogP contribution in [0.25, 0.3) is 10.9 Å². The largest absolute Gasteiger partial charge is 0.431 e. The number of hydrogen-bond acceptors (Lipinski definition) is 2. The third-order valence-electron chi connectivity index (χ3n) is 2.83. The Hall–Kier alpha value is -1.82. The van der Waals surface area contributed by atoms with E-state index in [-0.39, 0.29) is 10.9 Å². The van der Waals surface area contributed by atoms with Crippen LogP contribution in [0.15, 0.2) is 29.1 Å². The number of hydrogen-bond donors (Lipinski definition) is 1. The molecule has 2 rings (SSSR count). The van der Waals surface area contributed by atoms with Gasteiger partial charge < -0.3 is 9.72 Å². The lowest BCUT2D eigenvalue weighted by Crippen LogP contribution is -2.14. The van der Waals surface area contributed by atoms with Crippen LogP contribution in [0.3, 0.4) is 0 Å². The van der Waals surface area contributed by atoms with Gasteiger partial charge in [0.15, 0.2) is 5.43 Å². The predicted octanol–water partition coefficient (Wildman–Crippen LogP) is 2.74. The van der Waals surface area contributed by atoms with Gasteiger partial charge in [-0.2, -0.15) is 13.2 Å². The van der Waals surface area contributed by atoms with Crippen LogP contribution in [0.1, 0.15) is 11.3 Å². The van der Waals surface area contributed by atoms with Crippen molar-refractivity contribution in [2.45, 2.75) is 12.6 Å². The number of nitrogens with one attached hydrogen (secondary N) is 1. The highest BCUT2D eigenvalue weighted by molar-refractivity contribution is 5.81. The fourth-order valence-electron chi connectivity index (χ4n) is 1.91. The Morgan fingerprint density at radius 2 is 2.05 bits per heavy atom. The van der Waals surface area contributed by atoms with Gasteiger partial charge in [0.25, 0.3) is 0 Å². The number of methoxy groups -OCH3 is 1. The highest BCUT2D eigenvalue weighted by Crippen LogP contribution is 2.28. The summed E-state index contributed by atoms with van der Waals surface area (Å²) in [4.78, 5) is 14.0. The summed E-state index contributed by atoms with van der Waals surface area (Å²) in [5.74, 6) is 0. The zero-order chi connectivity index (χ0) is 14.0. The van der Waals surface area contributed by atoms with Crippen molar-refractivity contribution < 1.29 is 17.9 Å². The van der Waals surface area contributed by atoms with Crippen molar-refractivity contribution in [2.75, 3.05) is 13.7 Å². The van der Waals surface area contributed by atoms with E-state index in [1.807, 2.05) is 0 Å². The molecule has 0 atom stereocenters. The van der Waals surface area contributed by atoms with Gasteiger partial charge in [0.1, 0.15) is 5.69 Å². The Labute approximate surface area is 107 Å². The summed E-state index contributed by atoms with van der Waals surface area (Å²) in [6, 6.07) is 5.42. The molecule has 1 aromatic carbocycles. The minimum Gasteiger partial charge on any atom is -0.384 e. The van der Waals surface area contributed by atoms with Gasteiger partial charge in [-0.25, -0.2) is 0 Å². The number of pyridine rings is 1. The van der Waals surface area contributed by atoms with Gasteiger partial charge in [-0.1, -0.05) is 12.1 Å². The van der Waals surface area contributed by atoms with Gasteiger partial charge in [0.05, 0.1) is 12.1 Å². The Morgan fingerprint density at radius 3 is 2.68 bits per heavy atom. The van der Waals surface area contributed by atoms with Gasteiger partial charge in [0, 0.05) is 18.6 Å². The lowest BCUT2D eigenvalue weighted by molar-refractivity contribution is -0.141. The van der Waals surface area contributed by atoms with Crippen molar-refractivity contribution in [1.82, 2.24) is 4.98 Å². The number of para-hydroxylation sites is 1. The van der Waals surface area contributed by atoms with Crippen LogP contribution in [0.5, 0.6) is 0 Å². The molecule has 0 saturated heterocycles. The molecule has 0 fully saturated rings. The molecule has 0 amide bonds. The predicted molar refractivity (Wildman–Crippen MR) is 65.2 cm³/mol. The molecule has 0 unspecified atom stereocenters. The van der Waals surface area contributed by atoms with E-state index in [2.05, 4.69) is 4.98 Å². The normalized spacial score (nSPS) is 12.0. The monoisotopic (exact) mass is 271 g/mol. The fourth-order valence-corrected chi connectivity index (χ4v) is 1.91. The summed E-state index contributed by atoms with van der Waals surface area (Å²) >= 11 is 0. The quantitative estimate of drug-likeness (QED) is 0.932. The van der Waals surface area contributed by atoms with Crippen molar-refractivity contribution >= 4 is 10.9 Å². The Morgan fingerprint density at radius 1 is 1.32 bits per heavy atom. The second kappa shape index (κ2) is 5.05. The summed E-state index contributed by atoms with van der Waals surface area (Å²) < 4.78 is 43.0. The molecule has 102 valence electrons. The topological polar surface area (TPSA) is 42.1 Å². The van der Waals surface area contributed by atoms with E-state index in [0.29, 0.717) is 24.7 Å². The summed E-state index contributed by atoms with van der Waals surface area (Å²) in [7, 11) is 1.51. The van der Waals surface area contributed by atoms with Crippen LogP contribution in [0, 0.1) is 0 Å². The van der Waals surface area contributed by atoms with E-state index >= 15 is 0 Å². The minimum atomic E-state index is -4.57. The van der Waals surface area contributed by atoms with Crippen molar-refractivity contribution in [2.24, 2.45) is 0 Å². The number of rotatable bonds is 3. The van der Waals surface area contributed by atoms with Crippen LogP contribution >= 0.6 is 0 Å². The number of H-pyrrole nitrogens is 1. The molecular formula is C13H12F3NO2. The van der Waals surface area contributed by atoms with Crippen LogP contribution in [0.4, 0.5) is 13.2 Å². The highest BCUT2D eigenvalue weighted by atomic mass is 19.4. The minimum absolute atomic E-state index is 0.222. The van der Waals surface area contributed by atoms with Gasteiger partial charge in [-0.05, 0) is 18.1 Å². The first-order chi connectivity index (χ1) is 8.93. The Kier molecular flexibility index (Phi) is 3.61. The van der Waals surface area contributed by atoms with Gasteiger partial charge in [0.2, 0.25) is 0 Å². The molecule has 0 aliphatic heterocycles. The molecule has 19 heavy (non-hydrogen) atoms. The molecule has 0 aliphatic rings. The van der Waals surface area contributed by atoms with Gasteiger partial charge in [-0.3, -0.25) is 4.79 Å². The van der Waals surface area contributed by atoms with E-state index in [1.54, 1.807) is 12.1 Å². The van der Waals surface area contributed by atoms with E-state index in [1.165, 1.54) is 13.2 Å².